The minimum absolute atomic E-state index is 0. The second kappa shape index (κ2) is 9.16. The first-order chi connectivity index (χ1) is 10.6. The smallest absolute Gasteiger partial charge is 0.311 e. The van der Waals surface area contributed by atoms with Crippen LogP contribution in [0, 0.1) is 10.1 Å². The zero-order chi connectivity index (χ0) is 15.9. The standard InChI is InChI=1S/C14H19N3O5.ClH/c1-21-13-7-11(4-5-12(13)17(19)20)22-9-14(18)16-10-3-2-6-15-8-10;/h4-5,7,10,15H,2-3,6,8-9H2,1H3,(H,16,18);1H/t10-;/m0./s1. The largest absolute Gasteiger partial charge is 0.490 e. The van der Waals surface area contributed by atoms with E-state index >= 15 is 0 Å². The number of piperidine rings is 1. The lowest BCUT2D eigenvalue weighted by molar-refractivity contribution is -0.385. The van der Waals surface area contributed by atoms with Crippen LogP contribution in [0.1, 0.15) is 12.8 Å². The van der Waals surface area contributed by atoms with Crippen molar-refractivity contribution in [1.82, 2.24) is 10.6 Å². The number of carbonyl (C=O) groups is 1. The molecular formula is C14H20ClN3O5. The number of methoxy groups -OCH3 is 1. The van der Waals surface area contributed by atoms with Crippen molar-refractivity contribution in [1.29, 1.82) is 0 Å². The van der Waals surface area contributed by atoms with Gasteiger partial charge in [-0.2, -0.15) is 0 Å². The predicted molar refractivity (Wildman–Crippen MR) is 86.4 cm³/mol. The summed E-state index contributed by atoms with van der Waals surface area (Å²) in [6.07, 6.45) is 1.98. The molecule has 0 aliphatic carbocycles. The lowest BCUT2D eigenvalue weighted by Crippen LogP contribution is -2.46. The van der Waals surface area contributed by atoms with Gasteiger partial charge in [0.1, 0.15) is 5.75 Å². The topological polar surface area (TPSA) is 103 Å². The maximum atomic E-state index is 11.8. The van der Waals surface area contributed by atoms with E-state index in [0.717, 1.165) is 25.9 Å². The highest BCUT2D eigenvalue weighted by Gasteiger charge is 2.17. The maximum absolute atomic E-state index is 11.8. The van der Waals surface area contributed by atoms with Crippen molar-refractivity contribution in [2.45, 2.75) is 18.9 Å². The average Bonchev–Trinajstić information content (AvgIpc) is 2.53. The Bertz CT molecular complexity index is 549. The number of amides is 1. The van der Waals surface area contributed by atoms with Crippen molar-refractivity contribution in [3.05, 3.63) is 28.3 Å². The number of benzene rings is 1. The molecule has 1 aromatic carbocycles. The fourth-order valence-corrected chi connectivity index (χ4v) is 2.29. The molecule has 1 heterocycles. The first kappa shape index (κ1) is 19.0. The first-order valence-corrected chi connectivity index (χ1v) is 7.05. The molecule has 1 fully saturated rings. The van der Waals surface area contributed by atoms with Crippen LogP contribution in [0.15, 0.2) is 18.2 Å². The first-order valence-electron chi connectivity index (χ1n) is 7.05. The molecule has 0 unspecified atom stereocenters. The van der Waals surface area contributed by atoms with Crippen molar-refractivity contribution >= 4 is 24.0 Å². The Morgan fingerprint density at radius 2 is 2.30 bits per heavy atom. The molecule has 1 amide bonds. The van der Waals surface area contributed by atoms with Gasteiger partial charge >= 0.3 is 5.69 Å². The van der Waals surface area contributed by atoms with E-state index in [9.17, 15) is 14.9 Å². The molecule has 128 valence electrons. The molecule has 0 bridgehead atoms. The van der Waals surface area contributed by atoms with Crippen LogP contribution in [-0.4, -0.2) is 43.7 Å². The molecule has 0 spiro atoms. The molecular weight excluding hydrogens is 326 g/mol. The predicted octanol–water partition coefficient (Wildman–Crippen LogP) is 1.27. The number of hydrogen-bond donors (Lipinski definition) is 2. The van der Waals surface area contributed by atoms with E-state index in [-0.39, 0.29) is 42.4 Å². The molecule has 1 aliphatic heterocycles. The number of rotatable bonds is 6. The SMILES string of the molecule is COc1cc(OCC(=O)N[C@H]2CCCNC2)ccc1[N+](=O)[O-].Cl. The lowest BCUT2D eigenvalue weighted by atomic mass is 10.1. The summed E-state index contributed by atoms with van der Waals surface area (Å²) >= 11 is 0. The number of nitro benzene ring substituents is 1. The second-order valence-corrected chi connectivity index (χ2v) is 4.99. The molecule has 9 heteroatoms. The quantitative estimate of drug-likeness (QED) is 0.594. The monoisotopic (exact) mass is 345 g/mol. The van der Waals surface area contributed by atoms with Crippen LogP contribution in [0.3, 0.4) is 0 Å². The molecule has 8 nitrogen and oxygen atoms in total. The minimum Gasteiger partial charge on any atom is -0.490 e. The molecule has 1 atom stereocenters. The highest BCUT2D eigenvalue weighted by Crippen LogP contribution is 2.30. The molecule has 1 saturated heterocycles. The number of halogens is 1. The van der Waals surface area contributed by atoms with Crippen molar-refractivity contribution < 1.29 is 19.2 Å². The van der Waals surface area contributed by atoms with Gasteiger partial charge in [-0.15, -0.1) is 12.4 Å². The number of nitrogens with zero attached hydrogens (tertiary/aromatic N) is 1. The van der Waals surface area contributed by atoms with Crippen LogP contribution in [-0.2, 0) is 4.79 Å². The van der Waals surface area contributed by atoms with Crippen LogP contribution in [0.25, 0.3) is 0 Å². The normalized spacial score (nSPS) is 16.8. The third-order valence-electron chi connectivity index (χ3n) is 3.38. The summed E-state index contributed by atoms with van der Waals surface area (Å²) in [5.74, 6) is 0.227. The van der Waals surface area contributed by atoms with Crippen LogP contribution in [0.5, 0.6) is 11.5 Å². The van der Waals surface area contributed by atoms with Crippen LogP contribution >= 0.6 is 12.4 Å². The maximum Gasteiger partial charge on any atom is 0.311 e. The Morgan fingerprint density at radius 3 is 2.91 bits per heavy atom. The molecule has 0 aromatic heterocycles. The van der Waals surface area contributed by atoms with E-state index in [4.69, 9.17) is 9.47 Å². The van der Waals surface area contributed by atoms with Crippen LogP contribution in [0.2, 0.25) is 0 Å². The molecule has 23 heavy (non-hydrogen) atoms. The number of nitro groups is 1. The van der Waals surface area contributed by atoms with Gasteiger partial charge in [0.2, 0.25) is 5.75 Å². The van der Waals surface area contributed by atoms with Gasteiger partial charge in [-0.25, -0.2) is 0 Å². The molecule has 0 saturated carbocycles. The van der Waals surface area contributed by atoms with Gasteiger partial charge in [-0.1, -0.05) is 0 Å². The van der Waals surface area contributed by atoms with E-state index in [2.05, 4.69) is 10.6 Å². The molecule has 1 aromatic rings. The number of carbonyl (C=O) groups excluding carboxylic acids is 1. The lowest BCUT2D eigenvalue weighted by Gasteiger charge is -2.23. The van der Waals surface area contributed by atoms with Crippen molar-refractivity contribution in [2.24, 2.45) is 0 Å². The Labute approximate surface area is 140 Å². The molecule has 0 radical (unpaired) electrons. The summed E-state index contributed by atoms with van der Waals surface area (Å²) in [7, 11) is 1.34. The third kappa shape index (κ3) is 5.57. The van der Waals surface area contributed by atoms with Crippen molar-refractivity contribution in [3.8, 4) is 11.5 Å². The van der Waals surface area contributed by atoms with E-state index in [1.807, 2.05) is 0 Å². The van der Waals surface area contributed by atoms with Gasteiger partial charge in [0.05, 0.1) is 12.0 Å². The van der Waals surface area contributed by atoms with Gasteiger partial charge in [0.25, 0.3) is 5.91 Å². The zero-order valence-electron chi connectivity index (χ0n) is 12.7. The Kier molecular flexibility index (Phi) is 7.56. The van der Waals surface area contributed by atoms with Crippen molar-refractivity contribution in [2.75, 3.05) is 26.8 Å². The summed E-state index contributed by atoms with van der Waals surface area (Å²) in [6, 6.07) is 4.25. The van der Waals surface area contributed by atoms with Gasteiger partial charge in [0.15, 0.2) is 6.61 Å². The number of nitrogens with one attached hydrogen (secondary N) is 2. The fraction of sp³-hybridized carbons (Fsp3) is 0.500. The highest BCUT2D eigenvalue weighted by molar-refractivity contribution is 5.85. The van der Waals surface area contributed by atoms with E-state index in [0.29, 0.717) is 5.75 Å². The van der Waals surface area contributed by atoms with Crippen LogP contribution < -0.4 is 20.1 Å². The Balaban J connectivity index is 0.00000264. The highest BCUT2D eigenvalue weighted by atomic mass is 35.5. The third-order valence-corrected chi connectivity index (χ3v) is 3.38. The fourth-order valence-electron chi connectivity index (χ4n) is 2.29. The summed E-state index contributed by atoms with van der Waals surface area (Å²) in [5.41, 5.74) is -0.146. The number of hydrogen-bond acceptors (Lipinski definition) is 6. The van der Waals surface area contributed by atoms with E-state index in [1.54, 1.807) is 0 Å². The zero-order valence-corrected chi connectivity index (χ0v) is 13.6. The van der Waals surface area contributed by atoms with Gasteiger partial charge in [-0.3, -0.25) is 14.9 Å². The molecule has 2 N–H and O–H groups in total. The van der Waals surface area contributed by atoms with E-state index in [1.165, 1.54) is 25.3 Å². The summed E-state index contributed by atoms with van der Waals surface area (Å²) < 4.78 is 10.3. The van der Waals surface area contributed by atoms with Crippen LogP contribution in [0.4, 0.5) is 5.69 Å². The van der Waals surface area contributed by atoms with Gasteiger partial charge in [0, 0.05) is 24.7 Å². The summed E-state index contributed by atoms with van der Waals surface area (Å²) in [5, 5.41) is 16.9. The Hall–Kier alpha value is -2.06. The minimum atomic E-state index is -0.536. The average molecular weight is 346 g/mol. The van der Waals surface area contributed by atoms with E-state index < -0.39 is 4.92 Å². The summed E-state index contributed by atoms with van der Waals surface area (Å²) in [6.45, 7) is 1.60. The Morgan fingerprint density at radius 1 is 1.52 bits per heavy atom. The van der Waals surface area contributed by atoms with Gasteiger partial charge < -0.3 is 20.1 Å². The van der Waals surface area contributed by atoms with Crippen molar-refractivity contribution in [3.63, 3.8) is 0 Å². The molecule has 1 aliphatic rings. The molecule has 2 rings (SSSR count). The van der Waals surface area contributed by atoms with Gasteiger partial charge in [-0.05, 0) is 25.5 Å². The second-order valence-electron chi connectivity index (χ2n) is 4.99. The summed E-state index contributed by atoms with van der Waals surface area (Å²) in [4.78, 5) is 22.1. The number of ether oxygens (including phenoxy) is 2.